The quantitative estimate of drug-likeness (QED) is 0.699. The van der Waals surface area contributed by atoms with Crippen molar-refractivity contribution in [3.8, 4) is 0 Å². The van der Waals surface area contributed by atoms with Gasteiger partial charge in [-0.3, -0.25) is 10.1 Å². The molecule has 1 aromatic heterocycles. The lowest BCUT2D eigenvalue weighted by atomic mass is 10.1. The molecule has 0 aliphatic carbocycles. The standard InChI is InChI=1S/C20H25ClN4O4/c1-11(2)22-20(28)23-18(26)14(5)29-19(27)16-13(4)24-25(17(16)21)10-15-8-6-12(3)7-9-15/h6-9,11,14H,10H2,1-5H3,(H2,22,23,26,28)/t14-/m0/s1. The van der Waals surface area contributed by atoms with Crippen LogP contribution >= 0.6 is 11.6 Å². The summed E-state index contributed by atoms with van der Waals surface area (Å²) in [5.41, 5.74) is 2.58. The predicted molar refractivity (Wildman–Crippen MR) is 109 cm³/mol. The lowest BCUT2D eigenvalue weighted by molar-refractivity contribution is -0.127. The van der Waals surface area contributed by atoms with Gasteiger partial charge in [0.25, 0.3) is 5.91 Å². The number of benzene rings is 1. The van der Waals surface area contributed by atoms with Crippen molar-refractivity contribution >= 4 is 29.5 Å². The van der Waals surface area contributed by atoms with Gasteiger partial charge in [0.2, 0.25) is 0 Å². The van der Waals surface area contributed by atoms with E-state index in [1.165, 1.54) is 11.6 Å². The largest absolute Gasteiger partial charge is 0.449 e. The van der Waals surface area contributed by atoms with Crippen LogP contribution in [0.2, 0.25) is 5.15 Å². The van der Waals surface area contributed by atoms with Crippen molar-refractivity contribution in [3.05, 3.63) is 51.8 Å². The molecule has 2 aromatic rings. The molecule has 3 amide bonds. The Bertz CT molecular complexity index is 906. The molecule has 29 heavy (non-hydrogen) atoms. The Labute approximate surface area is 174 Å². The number of halogens is 1. The number of imide groups is 1. The van der Waals surface area contributed by atoms with Crippen molar-refractivity contribution in [2.24, 2.45) is 0 Å². The van der Waals surface area contributed by atoms with Gasteiger partial charge in [-0.1, -0.05) is 41.4 Å². The van der Waals surface area contributed by atoms with Crippen LogP contribution < -0.4 is 10.6 Å². The van der Waals surface area contributed by atoms with E-state index in [1.54, 1.807) is 20.8 Å². The summed E-state index contributed by atoms with van der Waals surface area (Å²) in [7, 11) is 0. The number of hydrogen-bond acceptors (Lipinski definition) is 5. The van der Waals surface area contributed by atoms with Gasteiger partial charge in [0, 0.05) is 6.04 Å². The minimum atomic E-state index is -1.18. The third kappa shape index (κ3) is 6.05. The number of aryl methyl sites for hydroxylation is 2. The average molecular weight is 421 g/mol. The van der Waals surface area contributed by atoms with Crippen LogP contribution in [-0.4, -0.2) is 39.8 Å². The Hall–Kier alpha value is -2.87. The summed E-state index contributed by atoms with van der Waals surface area (Å²) in [4.78, 5) is 36.2. The van der Waals surface area contributed by atoms with Gasteiger partial charge in [0.1, 0.15) is 10.7 Å². The third-order valence-corrected chi connectivity index (χ3v) is 4.42. The average Bonchev–Trinajstić information content (AvgIpc) is 2.89. The first kappa shape index (κ1) is 22.4. The van der Waals surface area contributed by atoms with E-state index in [9.17, 15) is 14.4 Å². The number of esters is 1. The highest BCUT2D eigenvalue weighted by molar-refractivity contribution is 6.32. The minimum absolute atomic E-state index is 0.0880. The maximum absolute atomic E-state index is 12.5. The number of amides is 3. The first-order valence-corrected chi connectivity index (χ1v) is 9.57. The Morgan fingerprint density at radius 2 is 1.76 bits per heavy atom. The molecule has 0 fully saturated rings. The van der Waals surface area contributed by atoms with Gasteiger partial charge in [-0.25, -0.2) is 14.3 Å². The molecule has 0 saturated carbocycles. The minimum Gasteiger partial charge on any atom is -0.449 e. The van der Waals surface area contributed by atoms with Gasteiger partial charge < -0.3 is 10.1 Å². The predicted octanol–water partition coefficient (Wildman–Crippen LogP) is 2.98. The monoisotopic (exact) mass is 420 g/mol. The molecule has 1 atom stereocenters. The Balaban J connectivity index is 2.06. The van der Waals surface area contributed by atoms with Crippen LogP contribution in [0.4, 0.5) is 4.79 Å². The second kappa shape index (κ2) is 9.56. The van der Waals surface area contributed by atoms with Crippen LogP contribution in [0, 0.1) is 13.8 Å². The van der Waals surface area contributed by atoms with Crippen LogP contribution in [-0.2, 0) is 16.1 Å². The van der Waals surface area contributed by atoms with Gasteiger partial charge in [0.15, 0.2) is 6.10 Å². The SMILES string of the molecule is Cc1ccc(Cn2nc(C)c(C(=O)O[C@@H](C)C(=O)NC(=O)NC(C)C)c2Cl)cc1. The second-order valence-electron chi connectivity index (χ2n) is 7.06. The molecule has 0 aliphatic heterocycles. The number of nitrogens with one attached hydrogen (secondary N) is 2. The molecule has 156 valence electrons. The summed E-state index contributed by atoms with van der Waals surface area (Å²) in [6.45, 7) is 8.90. The molecule has 8 nitrogen and oxygen atoms in total. The molecule has 0 aliphatic rings. The maximum Gasteiger partial charge on any atom is 0.343 e. The van der Waals surface area contributed by atoms with Gasteiger partial charge in [-0.15, -0.1) is 0 Å². The Morgan fingerprint density at radius 3 is 2.34 bits per heavy atom. The highest BCUT2D eigenvalue weighted by atomic mass is 35.5. The summed E-state index contributed by atoms with van der Waals surface area (Å²) >= 11 is 6.35. The molecule has 2 rings (SSSR count). The highest BCUT2D eigenvalue weighted by Crippen LogP contribution is 2.22. The van der Waals surface area contributed by atoms with E-state index in [-0.39, 0.29) is 16.8 Å². The van der Waals surface area contributed by atoms with Gasteiger partial charge in [-0.05, 0) is 40.2 Å². The first-order chi connectivity index (χ1) is 13.6. The smallest absolute Gasteiger partial charge is 0.343 e. The van der Waals surface area contributed by atoms with Gasteiger partial charge >= 0.3 is 12.0 Å². The molecule has 1 aromatic carbocycles. The van der Waals surface area contributed by atoms with Gasteiger partial charge in [0.05, 0.1) is 12.2 Å². The summed E-state index contributed by atoms with van der Waals surface area (Å²) < 4.78 is 6.68. The third-order valence-electron chi connectivity index (χ3n) is 4.03. The van der Waals surface area contributed by atoms with E-state index in [0.29, 0.717) is 12.2 Å². The lowest BCUT2D eigenvalue weighted by Gasteiger charge is -2.14. The topological polar surface area (TPSA) is 102 Å². The molecule has 0 radical (unpaired) electrons. The van der Waals surface area contributed by atoms with E-state index in [4.69, 9.17) is 16.3 Å². The van der Waals surface area contributed by atoms with Crippen molar-refractivity contribution in [1.82, 2.24) is 20.4 Å². The first-order valence-electron chi connectivity index (χ1n) is 9.19. The fourth-order valence-electron chi connectivity index (χ4n) is 2.54. The van der Waals surface area contributed by atoms with Crippen LogP contribution in [0.3, 0.4) is 0 Å². The van der Waals surface area contributed by atoms with Crippen molar-refractivity contribution < 1.29 is 19.1 Å². The molecule has 9 heteroatoms. The van der Waals surface area contributed by atoms with Crippen molar-refractivity contribution in [3.63, 3.8) is 0 Å². The number of carbonyl (C=O) groups excluding carboxylic acids is 3. The van der Waals surface area contributed by atoms with Crippen molar-refractivity contribution in [2.45, 2.75) is 53.3 Å². The zero-order valence-corrected chi connectivity index (χ0v) is 17.8. The number of rotatable bonds is 6. The highest BCUT2D eigenvalue weighted by Gasteiger charge is 2.26. The summed E-state index contributed by atoms with van der Waals surface area (Å²) in [5, 5.41) is 9.06. The zero-order chi connectivity index (χ0) is 21.7. The zero-order valence-electron chi connectivity index (χ0n) is 17.1. The lowest BCUT2D eigenvalue weighted by Crippen LogP contribution is -2.46. The molecular formula is C20H25ClN4O4. The van der Waals surface area contributed by atoms with E-state index in [0.717, 1.165) is 11.1 Å². The molecule has 0 bridgehead atoms. The van der Waals surface area contributed by atoms with Crippen LogP contribution in [0.15, 0.2) is 24.3 Å². The molecule has 2 N–H and O–H groups in total. The summed E-state index contributed by atoms with van der Waals surface area (Å²) in [5.74, 6) is -1.52. The molecule has 0 spiro atoms. The van der Waals surface area contributed by atoms with Crippen LogP contribution in [0.25, 0.3) is 0 Å². The normalized spacial score (nSPS) is 11.8. The molecular weight excluding hydrogens is 396 g/mol. The van der Waals surface area contributed by atoms with Crippen LogP contribution in [0.5, 0.6) is 0 Å². The summed E-state index contributed by atoms with van der Waals surface area (Å²) in [6, 6.07) is 7.06. The number of nitrogens with zero attached hydrogens (tertiary/aromatic N) is 2. The number of hydrogen-bond donors (Lipinski definition) is 2. The summed E-state index contributed by atoms with van der Waals surface area (Å²) in [6.07, 6.45) is -1.18. The maximum atomic E-state index is 12.5. The van der Waals surface area contributed by atoms with Gasteiger partial charge in [-0.2, -0.15) is 5.10 Å². The number of urea groups is 1. The molecule has 0 saturated heterocycles. The van der Waals surface area contributed by atoms with Crippen molar-refractivity contribution in [1.29, 1.82) is 0 Å². The van der Waals surface area contributed by atoms with E-state index in [2.05, 4.69) is 15.7 Å². The van der Waals surface area contributed by atoms with Crippen LogP contribution in [0.1, 0.15) is 48.0 Å². The number of carbonyl (C=O) groups is 3. The number of aromatic nitrogens is 2. The van der Waals surface area contributed by atoms with E-state index >= 15 is 0 Å². The van der Waals surface area contributed by atoms with Crippen molar-refractivity contribution in [2.75, 3.05) is 0 Å². The van der Waals surface area contributed by atoms with E-state index < -0.39 is 24.0 Å². The molecule has 1 heterocycles. The fourth-order valence-corrected chi connectivity index (χ4v) is 2.85. The Morgan fingerprint density at radius 1 is 1.14 bits per heavy atom. The fraction of sp³-hybridized carbons (Fsp3) is 0.400. The molecule has 0 unspecified atom stereocenters. The number of ether oxygens (including phenoxy) is 1. The Kier molecular flexibility index (Phi) is 7.39. The van der Waals surface area contributed by atoms with E-state index in [1.807, 2.05) is 31.2 Å². The second-order valence-corrected chi connectivity index (χ2v) is 7.42.